The van der Waals surface area contributed by atoms with E-state index < -0.39 is 10.4 Å². The number of aryl methyl sites for hydroxylation is 1. The minimum absolute atomic E-state index is 0.129. The summed E-state index contributed by atoms with van der Waals surface area (Å²) in [5, 5.41) is 0. The first kappa shape index (κ1) is 10.1. The summed E-state index contributed by atoms with van der Waals surface area (Å²) in [7, 11) is -3.52. The van der Waals surface area contributed by atoms with E-state index >= 15 is 0 Å². The number of nitrogens with zero attached hydrogens (tertiary/aromatic N) is 2. The predicted octanol–water partition coefficient (Wildman–Crippen LogP) is 0.629. The van der Waals surface area contributed by atoms with Gasteiger partial charge >= 0.3 is 10.4 Å². The number of hydrogen-bond acceptors (Lipinski definition) is 4. The van der Waals surface area contributed by atoms with Crippen LogP contribution in [0.15, 0.2) is 10.7 Å². The van der Waals surface area contributed by atoms with Crippen molar-refractivity contribution < 1.29 is 16.7 Å². The zero-order valence-corrected chi connectivity index (χ0v) is 8.01. The summed E-state index contributed by atoms with van der Waals surface area (Å²) in [6.07, 6.45) is 1.29. The van der Waals surface area contributed by atoms with Crippen molar-refractivity contribution in [2.45, 2.75) is 13.5 Å². The maximum atomic E-state index is 12.3. The van der Waals surface area contributed by atoms with Crippen LogP contribution in [0.2, 0.25) is 0 Å². The molecule has 0 spiro atoms. The zero-order valence-electron chi connectivity index (χ0n) is 7.19. The van der Waals surface area contributed by atoms with Gasteiger partial charge in [0.15, 0.2) is 5.89 Å². The van der Waals surface area contributed by atoms with Crippen molar-refractivity contribution in [1.82, 2.24) is 9.29 Å². The minimum atomic E-state index is -4.64. The Hall–Kier alpha value is -0.950. The molecule has 0 aliphatic carbocycles. The summed E-state index contributed by atoms with van der Waals surface area (Å²) in [5.74, 6) is 0.416. The molecule has 0 atom stereocenters. The number of rotatable bonds is 3. The van der Waals surface area contributed by atoms with Crippen LogP contribution < -0.4 is 0 Å². The second kappa shape index (κ2) is 3.43. The van der Waals surface area contributed by atoms with Crippen LogP contribution in [0.4, 0.5) is 3.89 Å². The maximum Gasteiger partial charge on any atom is 0.374 e. The molecule has 0 unspecified atom stereocenters. The van der Waals surface area contributed by atoms with Crippen molar-refractivity contribution in [3.05, 3.63) is 17.8 Å². The molecule has 1 aromatic heterocycles. The Labute approximate surface area is 75.5 Å². The summed E-state index contributed by atoms with van der Waals surface area (Å²) in [4.78, 5) is 3.82. The Morgan fingerprint density at radius 2 is 2.31 bits per heavy atom. The molecule has 5 nitrogen and oxygen atoms in total. The molecule has 0 N–H and O–H groups in total. The molecular weight excluding hydrogens is 199 g/mol. The molecule has 0 saturated carbocycles. The third kappa shape index (κ3) is 2.78. The highest BCUT2D eigenvalue weighted by Crippen LogP contribution is 2.07. The van der Waals surface area contributed by atoms with Gasteiger partial charge in [0.05, 0.1) is 12.2 Å². The van der Waals surface area contributed by atoms with E-state index in [1.165, 1.54) is 6.26 Å². The lowest BCUT2D eigenvalue weighted by molar-refractivity contribution is 0.425. The van der Waals surface area contributed by atoms with Crippen LogP contribution in [0.5, 0.6) is 0 Å². The molecule has 0 radical (unpaired) electrons. The van der Waals surface area contributed by atoms with E-state index in [2.05, 4.69) is 4.98 Å². The zero-order chi connectivity index (χ0) is 10.1. The molecule has 74 valence electrons. The maximum absolute atomic E-state index is 12.3. The van der Waals surface area contributed by atoms with Gasteiger partial charge in [-0.15, -0.1) is 0 Å². The third-order valence-electron chi connectivity index (χ3n) is 1.42. The summed E-state index contributed by atoms with van der Waals surface area (Å²) in [6, 6.07) is 0. The van der Waals surface area contributed by atoms with Crippen LogP contribution in [0, 0.1) is 6.92 Å². The van der Waals surface area contributed by atoms with Gasteiger partial charge < -0.3 is 4.42 Å². The van der Waals surface area contributed by atoms with Crippen LogP contribution >= 0.6 is 0 Å². The van der Waals surface area contributed by atoms with Gasteiger partial charge in [-0.2, -0.15) is 12.7 Å². The van der Waals surface area contributed by atoms with Gasteiger partial charge in [-0.25, -0.2) is 4.98 Å². The summed E-state index contributed by atoms with van der Waals surface area (Å²) in [5.41, 5.74) is 0.376. The van der Waals surface area contributed by atoms with Crippen molar-refractivity contribution >= 4 is 10.4 Å². The topological polar surface area (TPSA) is 63.4 Å². The van der Waals surface area contributed by atoms with Crippen molar-refractivity contribution in [2.24, 2.45) is 0 Å². The average molecular weight is 208 g/mol. The Balaban J connectivity index is 2.71. The molecule has 0 fully saturated rings. The van der Waals surface area contributed by atoms with E-state index in [0.29, 0.717) is 15.9 Å². The molecule has 0 aromatic carbocycles. The van der Waals surface area contributed by atoms with Gasteiger partial charge in [-0.05, 0) is 0 Å². The Bertz CT molecular complexity index is 386. The van der Waals surface area contributed by atoms with Crippen LogP contribution in [0.25, 0.3) is 0 Å². The molecule has 0 bridgehead atoms. The van der Waals surface area contributed by atoms with E-state index in [1.807, 2.05) is 0 Å². The molecule has 1 heterocycles. The smallest absolute Gasteiger partial charge is 0.374 e. The fourth-order valence-corrected chi connectivity index (χ4v) is 1.07. The third-order valence-corrected chi connectivity index (χ3v) is 2.30. The van der Waals surface area contributed by atoms with Gasteiger partial charge in [0.25, 0.3) is 0 Å². The Morgan fingerprint density at radius 1 is 1.69 bits per heavy atom. The van der Waals surface area contributed by atoms with Crippen LogP contribution in [0.1, 0.15) is 11.6 Å². The molecule has 7 heteroatoms. The number of hydrogen-bond donors (Lipinski definition) is 0. The highest BCUT2D eigenvalue weighted by Gasteiger charge is 2.17. The number of halogens is 1. The second-order valence-electron chi connectivity index (χ2n) is 2.56. The van der Waals surface area contributed by atoms with Crippen molar-refractivity contribution in [3.8, 4) is 0 Å². The lowest BCUT2D eigenvalue weighted by Gasteiger charge is -2.07. The van der Waals surface area contributed by atoms with Crippen LogP contribution in [0.3, 0.4) is 0 Å². The SMILES string of the molecule is Cc1nc(CN(C)S(=O)(=O)F)co1. The largest absolute Gasteiger partial charge is 0.449 e. The number of oxazole rings is 1. The first-order chi connectivity index (χ1) is 5.89. The van der Waals surface area contributed by atoms with Crippen LogP contribution in [-0.2, 0) is 17.0 Å². The standard InChI is InChI=1S/C6H9FN2O3S/c1-5-8-6(4-12-5)3-9(2)13(7,10)11/h4H,3H2,1-2H3. The Morgan fingerprint density at radius 3 is 2.69 bits per heavy atom. The van der Waals surface area contributed by atoms with E-state index in [-0.39, 0.29) is 6.54 Å². The molecule has 13 heavy (non-hydrogen) atoms. The Kier molecular flexibility index (Phi) is 2.67. The molecular formula is C6H9FN2O3S. The normalized spacial score (nSPS) is 12.3. The molecule has 0 saturated heterocycles. The van der Waals surface area contributed by atoms with E-state index in [9.17, 15) is 12.3 Å². The van der Waals surface area contributed by atoms with Gasteiger partial charge in [-0.1, -0.05) is 3.89 Å². The van der Waals surface area contributed by atoms with E-state index in [0.717, 1.165) is 7.05 Å². The first-order valence-electron chi connectivity index (χ1n) is 3.46. The summed E-state index contributed by atoms with van der Waals surface area (Å²) >= 11 is 0. The summed E-state index contributed by atoms with van der Waals surface area (Å²) in [6.45, 7) is 1.49. The van der Waals surface area contributed by atoms with Gasteiger partial charge in [0, 0.05) is 14.0 Å². The first-order valence-corrected chi connectivity index (χ1v) is 4.80. The van der Waals surface area contributed by atoms with Crippen molar-refractivity contribution in [3.63, 3.8) is 0 Å². The molecule has 1 rings (SSSR count). The van der Waals surface area contributed by atoms with E-state index in [4.69, 9.17) is 4.42 Å². The minimum Gasteiger partial charge on any atom is -0.449 e. The molecule has 0 amide bonds. The van der Waals surface area contributed by atoms with E-state index in [1.54, 1.807) is 6.92 Å². The average Bonchev–Trinajstić information content (AvgIpc) is 2.33. The molecule has 1 aromatic rings. The van der Waals surface area contributed by atoms with Gasteiger partial charge in [0.2, 0.25) is 0 Å². The lowest BCUT2D eigenvalue weighted by atomic mass is 10.5. The number of aromatic nitrogens is 1. The van der Waals surface area contributed by atoms with Gasteiger partial charge in [0.1, 0.15) is 6.26 Å². The van der Waals surface area contributed by atoms with Crippen LogP contribution in [-0.4, -0.2) is 24.8 Å². The fourth-order valence-electron chi connectivity index (χ4n) is 0.786. The molecule has 0 aliphatic heterocycles. The molecule has 0 aliphatic rings. The quantitative estimate of drug-likeness (QED) is 0.683. The highest BCUT2D eigenvalue weighted by molar-refractivity contribution is 7.83. The second-order valence-corrected chi connectivity index (χ2v) is 4.00. The van der Waals surface area contributed by atoms with Crippen molar-refractivity contribution in [1.29, 1.82) is 0 Å². The van der Waals surface area contributed by atoms with Crippen molar-refractivity contribution in [2.75, 3.05) is 7.05 Å². The highest BCUT2D eigenvalue weighted by atomic mass is 32.3. The lowest BCUT2D eigenvalue weighted by Crippen LogP contribution is -2.22. The fraction of sp³-hybridized carbons (Fsp3) is 0.500. The predicted molar refractivity (Wildman–Crippen MR) is 42.7 cm³/mol. The summed E-state index contributed by atoms with van der Waals surface area (Å²) < 4.78 is 38.4. The monoisotopic (exact) mass is 208 g/mol. The van der Waals surface area contributed by atoms with Gasteiger partial charge in [-0.3, -0.25) is 0 Å².